The highest BCUT2D eigenvalue weighted by molar-refractivity contribution is 9.10. The highest BCUT2D eigenvalue weighted by atomic mass is 79.9. The monoisotopic (exact) mass is 370 g/mol. The fourth-order valence-corrected chi connectivity index (χ4v) is 4.78. The largest absolute Gasteiger partial charge is 0.492 e. The molecule has 23 heavy (non-hydrogen) atoms. The third kappa shape index (κ3) is 2.34. The molecule has 2 aromatic rings. The predicted molar refractivity (Wildman–Crippen MR) is 98.8 cm³/mol. The Kier molecular flexibility index (Phi) is 3.76. The van der Waals surface area contributed by atoms with Crippen LogP contribution in [0.15, 0.2) is 28.7 Å². The minimum Gasteiger partial charge on any atom is -0.492 e. The van der Waals surface area contributed by atoms with Crippen molar-refractivity contribution in [2.75, 3.05) is 6.61 Å². The van der Waals surface area contributed by atoms with E-state index in [1.165, 1.54) is 56.4 Å². The topological polar surface area (TPSA) is 9.23 Å². The van der Waals surface area contributed by atoms with E-state index in [0.29, 0.717) is 11.8 Å². The molecule has 1 heterocycles. The molecule has 2 aliphatic rings. The minimum absolute atomic E-state index is 0.369. The zero-order chi connectivity index (χ0) is 16.1. The number of hydrogen-bond donors (Lipinski definition) is 0. The van der Waals surface area contributed by atoms with E-state index in [-0.39, 0.29) is 0 Å². The normalized spacial score (nSPS) is 18.9. The van der Waals surface area contributed by atoms with E-state index in [0.717, 1.165) is 13.0 Å². The van der Waals surface area contributed by atoms with Gasteiger partial charge in [-0.3, -0.25) is 0 Å². The average Bonchev–Trinajstić information content (AvgIpc) is 3.19. The van der Waals surface area contributed by atoms with E-state index < -0.39 is 0 Å². The molecular formula is C21H23BrO. The first-order chi connectivity index (χ1) is 11.1. The average molecular weight is 371 g/mol. The summed E-state index contributed by atoms with van der Waals surface area (Å²) in [6.07, 6.45) is 3.59. The van der Waals surface area contributed by atoms with E-state index in [1.54, 1.807) is 0 Å². The molecular weight excluding hydrogens is 348 g/mol. The van der Waals surface area contributed by atoms with Crippen molar-refractivity contribution < 1.29 is 4.74 Å². The molecule has 1 unspecified atom stereocenters. The van der Waals surface area contributed by atoms with Crippen LogP contribution in [0.1, 0.15) is 65.5 Å². The molecule has 1 aliphatic heterocycles. The lowest BCUT2D eigenvalue weighted by atomic mass is 9.87. The van der Waals surface area contributed by atoms with Crippen LogP contribution in [0, 0.1) is 6.92 Å². The van der Waals surface area contributed by atoms with Gasteiger partial charge in [0.2, 0.25) is 0 Å². The van der Waals surface area contributed by atoms with Crippen LogP contribution in [0.5, 0.6) is 5.75 Å². The lowest BCUT2D eigenvalue weighted by Crippen LogP contribution is -2.04. The third-order valence-electron chi connectivity index (χ3n) is 5.48. The lowest BCUT2D eigenvalue weighted by molar-refractivity contribution is 0.340. The Balaban J connectivity index is 1.80. The van der Waals surface area contributed by atoms with Crippen LogP contribution >= 0.6 is 15.9 Å². The zero-order valence-corrected chi connectivity index (χ0v) is 15.7. The van der Waals surface area contributed by atoms with Crippen molar-refractivity contribution in [1.82, 2.24) is 0 Å². The SMILES string of the molecule is Cc1c(Br)c2c(c3c1C(c1ccc(C(C)C)cc1)CO3)CCC2. The van der Waals surface area contributed by atoms with Crippen molar-refractivity contribution in [3.8, 4) is 5.75 Å². The van der Waals surface area contributed by atoms with Crippen molar-refractivity contribution >= 4 is 15.9 Å². The predicted octanol–water partition coefficient (Wildman–Crippen LogP) is 5.89. The van der Waals surface area contributed by atoms with Gasteiger partial charge >= 0.3 is 0 Å². The fourth-order valence-electron chi connectivity index (χ4n) is 4.12. The highest BCUT2D eigenvalue weighted by Gasteiger charge is 2.34. The van der Waals surface area contributed by atoms with Crippen LogP contribution in [0.2, 0.25) is 0 Å². The molecule has 0 bridgehead atoms. The summed E-state index contributed by atoms with van der Waals surface area (Å²) in [6, 6.07) is 9.13. The Morgan fingerprint density at radius 3 is 2.48 bits per heavy atom. The molecule has 0 fully saturated rings. The van der Waals surface area contributed by atoms with Gasteiger partial charge in [-0.05, 0) is 59.9 Å². The standard InChI is InChI=1S/C21H23BrO/c1-12(2)14-7-9-15(10-8-14)18-11-23-21-17-6-4-5-16(17)20(22)13(3)19(18)21/h7-10,12,18H,4-6,11H2,1-3H3. The molecule has 0 radical (unpaired) electrons. The summed E-state index contributed by atoms with van der Waals surface area (Å²) in [5, 5.41) is 0. The van der Waals surface area contributed by atoms with E-state index in [2.05, 4.69) is 61.0 Å². The van der Waals surface area contributed by atoms with Crippen LogP contribution in [-0.2, 0) is 12.8 Å². The van der Waals surface area contributed by atoms with E-state index >= 15 is 0 Å². The summed E-state index contributed by atoms with van der Waals surface area (Å²) in [6.45, 7) is 7.51. The maximum absolute atomic E-state index is 6.20. The number of hydrogen-bond acceptors (Lipinski definition) is 1. The molecule has 0 N–H and O–H groups in total. The Hall–Kier alpha value is -1.28. The molecule has 0 saturated heterocycles. The first-order valence-corrected chi connectivity index (χ1v) is 9.43. The van der Waals surface area contributed by atoms with Gasteiger partial charge in [0.15, 0.2) is 0 Å². The van der Waals surface area contributed by atoms with Gasteiger partial charge < -0.3 is 4.74 Å². The summed E-state index contributed by atoms with van der Waals surface area (Å²) in [5.74, 6) is 2.14. The Labute approximate surface area is 147 Å². The van der Waals surface area contributed by atoms with Gasteiger partial charge in [-0.1, -0.05) is 54.0 Å². The molecule has 1 aliphatic carbocycles. The summed E-state index contributed by atoms with van der Waals surface area (Å²) in [7, 11) is 0. The Morgan fingerprint density at radius 1 is 1.09 bits per heavy atom. The van der Waals surface area contributed by atoms with E-state index in [1.807, 2.05) is 0 Å². The van der Waals surface area contributed by atoms with Gasteiger partial charge in [-0.2, -0.15) is 0 Å². The van der Waals surface area contributed by atoms with Crippen LogP contribution in [0.25, 0.3) is 0 Å². The van der Waals surface area contributed by atoms with Crippen LogP contribution in [-0.4, -0.2) is 6.61 Å². The number of fused-ring (bicyclic) bond motifs is 3. The molecule has 1 nitrogen and oxygen atoms in total. The molecule has 2 heteroatoms. The third-order valence-corrected chi connectivity index (χ3v) is 6.56. The maximum Gasteiger partial charge on any atom is 0.127 e. The van der Waals surface area contributed by atoms with E-state index in [4.69, 9.17) is 4.74 Å². The second kappa shape index (κ2) is 5.66. The van der Waals surface area contributed by atoms with Crippen LogP contribution < -0.4 is 4.74 Å². The number of halogens is 1. The maximum atomic E-state index is 6.20. The molecule has 0 aromatic heterocycles. The van der Waals surface area contributed by atoms with Crippen LogP contribution in [0.3, 0.4) is 0 Å². The quantitative estimate of drug-likeness (QED) is 0.639. The van der Waals surface area contributed by atoms with Crippen molar-refractivity contribution in [3.63, 3.8) is 0 Å². The number of rotatable bonds is 2. The van der Waals surface area contributed by atoms with Gasteiger partial charge in [0, 0.05) is 16.0 Å². The van der Waals surface area contributed by atoms with Crippen molar-refractivity contribution in [3.05, 3.63) is 62.1 Å². The zero-order valence-electron chi connectivity index (χ0n) is 14.1. The van der Waals surface area contributed by atoms with Gasteiger partial charge in [0.1, 0.15) is 5.75 Å². The lowest BCUT2D eigenvalue weighted by Gasteiger charge is -2.17. The fraction of sp³-hybridized carbons (Fsp3) is 0.429. The minimum atomic E-state index is 0.369. The summed E-state index contributed by atoms with van der Waals surface area (Å²) >= 11 is 3.86. The molecule has 0 spiro atoms. The van der Waals surface area contributed by atoms with Gasteiger partial charge in [0.05, 0.1) is 6.61 Å². The smallest absolute Gasteiger partial charge is 0.127 e. The summed E-state index contributed by atoms with van der Waals surface area (Å²) < 4.78 is 7.52. The molecule has 0 saturated carbocycles. The summed E-state index contributed by atoms with van der Waals surface area (Å²) in [4.78, 5) is 0. The van der Waals surface area contributed by atoms with E-state index in [9.17, 15) is 0 Å². The molecule has 1 atom stereocenters. The van der Waals surface area contributed by atoms with Gasteiger partial charge in [0.25, 0.3) is 0 Å². The Morgan fingerprint density at radius 2 is 1.78 bits per heavy atom. The first-order valence-electron chi connectivity index (χ1n) is 8.64. The van der Waals surface area contributed by atoms with Gasteiger partial charge in [-0.25, -0.2) is 0 Å². The van der Waals surface area contributed by atoms with Crippen molar-refractivity contribution in [1.29, 1.82) is 0 Å². The number of benzene rings is 2. The first kappa shape index (κ1) is 15.3. The molecule has 0 amide bonds. The van der Waals surface area contributed by atoms with Crippen molar-refractivity contribution in [2.24, 2.45) is 0 Å². The summed E-state index contributed by atoms with van der Waals surface area (Å²) in [5.41, 5.74) is 8.50. The van der Waals surface area contributed by atoms with Crippen molar-refractivity contribution in [2.45, 2.75) is 51.9 Å². The highest BCUT2D eigenvalue weighted by Crippen LogP contribution is 2.49. The Bertz CT molecular complexity index is 759. The molecule has 4 rings (SSSR count). The van der Waals surface area contributed by atoms with Gasteiger partial charge in [-0.15, -0.1) is 0 Å². The second-order valence-electron chi connectivity index (χ2n) is 7.18. The molecule has 120 valence electrons. The second-order valence-corrected chi connectivity index (χ2v) is 7.97. The van der Waals surface area contributed by atoms with Crippen LogP contribution in [0.4, 0.5) is 0 Å². The molecule has 2 aromatic carbocycles. The number of ether oxygens (including phenoxy) is 1.